The van der Waals surface area contributed by atoms with Crippen LogP contribution in [0, 0.1) is 0 Å². The van der Waals surface area contributed by atoms with E-state index < -0.39 is 8.96 Å². The molecule has 0 aromatic carbocycles. The first-order chi connectivity index (χ1) is 4.61. The topological polar surface area (TPSA) is 29.5 Å². The van der Waals surface area contributed by atoms with E-state index in [1.807, 2.05) is 11.5 Å². The Kier molecular flexibility index (Phi) is 1.99. The van der Waals surface area contributed by atoms with Crippen molar-refractivity contribution in [2.75, 3.05) is 6.54 Å². The van der Waals surface area contributed by atoms with Crippen molar-refractivity contribution in [1.82, 2.24) is 4.57 Å². The van der Waals surface area contributed by atoms with Crippen LogP contribution in [0.4, 0.5) is 4.79 Å². The molecule has 10 heavy (non-hydrogen) atoms. The molecule has 0 radical (unpaired) electrons. The third-order valence-corrected chi connectivity index (χ3v) is 3.28. The van der Waals surface area contributed by atoms with Crippen molar-refractivity contribution in [2.45, 2.75) is 26.1 Å². The van der Waals surface area contributed by atoms with Gasteiger partial charge in [0.2, 0.25) is 0 Å². The van der Waals surface area contributed by atoms with Crippen molar-refractivity contribution in [3.8, 4) is 0 Å². The number of cyclic esters (lactones) is 1. The molecule has 0 saturated carbocycles. The van der Waals surface area contributed by atoms with E-state index in [1.54, 1.807) is 0 Å². The maximum atomic E-state index is 11.0. The number of nitrogens with zero attached hydrogens (tertiary/aromatic N) is 1. The van der Waals surface area contributed by atoms with Crippen molar-refractivity contribution in [3.05, 3.63) is 0 Å². The summed E-state index contributed by atoms with van der Waals surface area (Å²) in [4.78, 5) is 11.0. The maximum Gasteiger partial charge on any atom is 0.401 e. The molecule has 1 heterocycles. The highest BCUT2D eigenvalue weighted by molar-refractivity contribution is 6.55. The molecule has 0 aromatic rings. The minimum absolute atomic E-state index is 0.0994. The van der Waals surface area contributed by atoms with Gasteiger partial charge >= 0.3 is 6.09 Å². The average Bonchev–Trinajstić information content (AvgIpc) is 2.10. The van der Waals surface area contributed by atoms with E-state index >= 15 is 0 Å². The van der Waals surface area contributed by atoms with Crippen molar-refractivity contribution in [2.24, 2.45) is 0 Å². The first kappa shape index (κ1) is 7.59. The third kappa shape index (κ3) is 1.31. The lowest BCUT2D eigenvalue weighted by Gasteiger charge is -2.15. The molecule has 1 rings (SSSR count). The van der Waals surface area contributed by atoms with Gasteiger partial charge in [0.25, 0.3) is 0 Å². The second kappa shape index (κ2) is 2.62. The molecular formula is C6H13NO2Si. The third-order valence-electron chi connectivity index (χ3n) is 1.61. The Morgan fingerprint density at radius 2 is 2.30 bits per heavy atom. The molecule has 1 amide bonds. The van der Waals surface area contributed by atoms with Crippen LogP contribution in [-0.4, -0.2) is 32.3 Å². The van der Waals surface area contributed by atoms with Gasteiger partial charge in [-0.25, -0.2) is 4.79 Å². The minimum atomic E-state index is -0.961. The Balaban J connectivity index is 2.55. The fourth-order valence-corrected chi connectivity index (χ4v) is 2.25. The highest BCUT2D eigenvalue weighted by atomic mass is 28.3. The van der Waals surface area contributed by atoms with Gasteiger partial charge in [-0.05, 0) is 6.92 Å². The summed E-state index contributed by atoms with van der Waals surface area (Å²) in [6.07, 6.45) is -0.0171. The summed E-state index contributed by atoms with van der Waals surface area (Å²) in [5.41, 5.74) is 0. The number of carbonyl (C=O) groups excluding carboxylic acids is 1. The van der Waals surface area contributed by atoms with Crippen LogP contribution in [0.1, 0.15) is 6.92 Å². The lowest BCUT2D eigenvalue weighted by atomic mass is 10.4. The molecule has 0 bridgehead atoms. The lowest BCUT2D eigenvalue weighted by molar-refractivity contribution is 0.144. The largest absolute Gasteiger partial charge is 0.445 e. The van der Waals surface area contributed by atoms with Gasteiger partial charge in [0, 0.05) is 0 Å². The Bertz CT molecular complexity index is 149. The fourth-order valence-electron chi connectivity index (χ4n) is 1.05. The van der Waals surface area contributed by atoms with Gasteiger partial charge in [-0.15, -0.1) is 0 Å². The van der Waals surface area contributed by atoms with E-state index in [4.69, 9.17) is 4.74 Å². The van der Waals surface area contributed by atoms with Crippen molar-refractivity contribution < 1.29 is 9.53 Å². The summed E-state index contributed by atoms with van der Waals surface area (Å²) < 4.78 is 6.82. The lowest BCUT2D eigenvalue weighted by Crippen LogP contribution is -2.35. The van der Waals surface area contributed by atoms with Gasteiger partial charge in [-0.2, -0.15) is 0 Å². The SMILES string of the molecule is CC1CN([SiH](C)C)C(=O)O1. The molecule has 1 atom stereocenters. The van der Waals surface area contributed by atoms with Crippen LogP contribution in [-0.2, 0) is 4.74 Å². The van der Waals surface area contributed by atoms with Crippen molar-refractivity contribution >= 4 is 15.1 Å². The molecule has 1 saturated heterocycles. The van der Waals surface area contributed by atoms with Crippen LogP contribution in [0.25, 0.3) is 0 Å². The summed E-state index contributed by atoms with van der Waals surface area (Å²) >= 11 is 0. The summed E-state index contributed by atoms with van der Waals surface area (Å²) in [7, 11) is -0.961. The zero-order valence-electron chi connectivity index (χ0n) is 6.63. The molecule has 0 aromatic heterocycles. The number of hydrogen-bond acceptors (Lipinski definition) is 2. The zero-order valence-corrected chi connectivity index (χ0v) is 7.78. The van der Waals surface area contributed by atoms with Crippen LogP contribution >= 0.6 is 0 Å². The van der Waals surface area contributed by atoms with Crippen LogP contribution in [0.5, 0.6) is 0 Å². The monoisotopic (exact) mass is 159 g/mol. The number of carbonyl (C=O) groups is 1. The average molecular weight is 159 g/mol. The highest BCUT2D eigenvalue weighted by Gasteiger charge is 2.29. The minimum Gasteiger partial charge on any atom is -0.445 e. The molecule has 1 fully saturated rings. The Labute approximate surface area is 62.7 Å². The van der Waals surface area contributed by atoms with Crippen LogP contribution in [0.3, 0.4) is 0 Å². The smallest absolute Gasteiger partial charge is 0.401 e. The number of rotatable bonds is 1. The molecule has 0 aliphatic carbocycles. The van der Waals surface area contributed by atoms with E-state index in [0.29, 0.717) is 0 Å². The number of amides is 1. The predicted molar refractivity (Wildman–Crippen MR) is 41.5 cm³/mol. The summed E-state index contributed by atoms with van der Waals surface area (Å²) in [5, 5.41) is 0. The molecule has 0 N–H and O–H groups in total. The molecule has 0 spiro atoms. The van der Waals surface area contributed by atoms with Gasteiger partial charge in [0.15, 0.2) is 0 Å². The van der Waals surface area contributed by atoms with Crippen LogP contribution in [0.15, 0.2) is 0 Å². The normalized spacial score (nSPS) is 25.8. The summed E-state index contributed by atoms with van der Waals surface area (Å²) in [5.74, 6) is 0. The first-order valence-corrected chi connectivity index (χ1v) is 6.41. The standard InChI is InChI=1S/C6H13NO2Si/c1-5-4-7(10(2)3)6(8)9-5/h5,10H,4H2,1-3H3. The molecule has 4 heteroatoms. The van der Waals surface area contributed by atoms with Gasteiger partial charge < -0.3 is 9.30 Å². The van der Waals surface area contributed by atoms with E-state index in [0.717, 1.165) is 6.54 Å². The highest BCUT2D eigenvalue weighted by Crippen LogP contribution is 2.11. The summed E-state index contributed by atoms with van der Waals surface area (Å²) in [6.45, 7) is 6.97. The summed E-state index contributed by atoms with van der Waals surface area (Å²) in [6, 6.07) is 0. The van der Waals surface area contributed by atoms with E-state index in [2.05, 4.69) is 13.1 Å². The predicted octanol–water partition coefficient (Wildman–Crippen LogP) is 0.810. The Morgan fingerprint density at radius 3 is 2.50 bits per heavy atom. The first-order valence-electron chi connectivity index (χ1n) is 3.58. The number of ether oxygens (including phenoxy) is 1. The van der Waals surface area contributed by atoms with Crippen LogP contribution < -0.4 is 0 Å². The fraction of sp³-hybridized carbons (Fsp3) is 0.833. The molecular weight excluding hydrogens is 146 g/mol. The Hall–Kier alpha value is -0.513. The molecule has 1 aliphatic rings. The van der Waals surface area contributed by atoms with Gasteiger partial charge in [0.1, 0.15) is 15.1 Å². The molecule has 1 unspecified atom stereocenters. The van der Waals surface area contributed by atoms with Crippen LogP contribution in [0.2, 0.25) is 13.1 Å². The second-order valence-electron chi connectivity index (χ2n) is 2.94. The quantitative estimate of drug-likeness (QED) is 0.530. The van der Waals surface area contributed by atoms with E-state index in [1.165, 1.54) is 0 Å². The van der Waals surface area contributed by atoms with Gasteiger partial charge in [-0.3, -0.25) is 0 Å². The molecule has 3 nitrogen and oxygen atoms in total. The molecule has 1 aliphatic heterocycles. The van der Waals surface area contributed by atoms with Gasteiger partial charge in [-0.1, -0.05) is 13.1 Å². The van der Waals surface area contributed by atoms with E-state index in [-0.39, 0.29) is 12.2 Å². The molecule has 58 valence electrons. The maximum absolute atomic E-state index is 11.0. The van der Waals surface area contributed by atoms with Crippen molar-refractivity contribution in [1.29, 1.82) is 0 Å². The van der Waals surface area contributed by atoms with Crippen molar-refractivity contribution in [3.63, 3.8) is 0 Å². The number of hydrogen-bond donors (Lipinski definition) is 0. The van der Waals surface area contributed by atoms with E-state index in [9.17, 15) is 4.79 Å². The Morgan fingerprint density at radius 1 is 1.70 bits per heavy atom. The van der Waals surface area contributed by atoms with Gasteiger partial charge in [0.05, 0.1) is 6.54 Å². The second-order valence-corrected chi connectivity index (χ2v) is 5.75. The zero-order chi connectivity index (χ0) is 7.72.